The zero-order chi connectivity index (χ0) is 16.2. The molecule has 1 aliphatic heterocycles. The van der Waals surface area contributed by atoms with Crippen LogP contribution in [-0.4, -0.2) is 57.0 Å². The maximum Gasteiger partial charge on any atom is 0.195 e. The van der Waals surface area contributed by atoms with Gasteiger partial charge >= 0.3 is 0 Å². The van der Waals surface area contributed by atoms with Crippen molar-refractivity contribution in [2.75, 3.05) is 26.2 Å². The highest BCUT2D eigenvalue weighted by Crippen LogP contribution is 2.16. The SMILES string of the molecule is c1ccc2oc(CCCN3CCO[C@@H](Cn4cncn4)C3)nc2c1. The van der Waals surface area contributed by atoms with E-state index in [1.165, 1.54) is 0 Å². The van der Waals surface area contributed by atoms with Gasteiger partial charge in [0.2, 0.25) is 0 Å². The van der Waals surface area contributed by atoms with Gasteiger partial charge in [0.15, 0.2) is 11.5 Å². The van der Waals surface area contributed by atoms with Crippen LogP contribution in [0.15, 0.2) is 41.3 Å². The van der Waals surface area contributed by atoms with Crippen LogP contribution in [0.4, 0.5) is 0 Å². The highest BCUT2D eigenvalue weighted by molar-refractivity contribution is 5.72. The Labute approximate surface area is 140 Å². The molecule has 0 N–H and O–H groups in total. The minimum absolute atomic E-state index is 0.171. The fourth-order valence-electron chi connectivity index (χ4n) is 3.11. The summed E-state index contributed by atoms with van der Waals surface area (Å²) < 4.78 is 13.4. The molecule has 0 aliphatic carbocycles. The molecule has 0 amide bonds. The van der Waals surface area contributed by atoms with Crippen molar-refractivity contribution in [3.05, 3.63) is 42.8 Å². The van der Waals surface area contributed by atoms with E-state index >= 15 is 0 Å². The normalized spacial score (nSPS) is 19.1. The van der Waals surface area contributed by atoms with E-state index in [-0.39, 0.29) is 6.10 Å². The molecule has 3 heterocycles. The van der Waals surface area contributed by atoms with Gasteiger partial charge in [0.1, 0.15) is 18.2 Å². The average Bonchev–Trinajstić information content (AvgIpc) is 3.24. The van der Waals surface area contributed by atoms with E-state index in [9.17, 15) is 0 Å². The number of nitrogens with zero attached hydrogens (tertiary/aromatic N) is 5. The van der Waals surface area contributed by atoms with Crippen LogP contribution >= 0.6 is 0 Å². The molecule has 1 fully saturated rings. The summed E-state index contributed by atoms with van der Waals surface area (Å²) in [7, 11) is 0. The highest BCUT2D eigenvalue weighted by Gasteiger charge is 2.21. The van der Waals surface area contributed by atoms with Gasteiger partial charge in [-0.1, -0.05) is 12.1 Å². The number of morpholine rings is 1. The van der Waals surface area contributed by atoms with Gasteiger partial charge in [-0.15, -0.1) is 0 Å². The van der Waals surface area contributed by atoms with E-state index in [1.54, 1.807) is 12.7 Å². The molecule has 1 saturated heterocycles. The first-order valence-electron chi connectivity index (χ1n) is 8.37. The number of benzene rings is 1. The first-order valence-corrected chi connectivity index (χ1v) is 8.37. The van der Waals surface area contributed by atoms with E-state index in [4.69, 9.17) is 9.15 Å². The Morgan fingerprint density at radius 1 is 1.25 bits per heavy atom. The highest BCUT2D eigenvalue weighted by atomic mass is 16.5. The molecule has 1 aliphatic rings. The minimum Gasteiger partial charge on any atom is -0.441 e. The lowest BCUT2D eigenvalue weighted by Gasteiger charge is -2.32. The molecular formula is C17H21N5O2. The molecule has 3 aromatic rings. The topological polar surface area (TPSA) is 69.2 Å². The van der Waals surface area contributed by atoms with Gasteiger partial charge in [-0.05, 0) is 25.1 Å². The van der Waals surface area contributed by atoms with Crippen molar-refractivity contribution in [1.29, 1.82) is 0 Å². The molecule has 1 aromatic carbocycles. The molecule has 7 heteroatoms. The summed E-state index contributed by atoms with van der Waals surface area (Å²) in [5.41, 5.74) is 1.80. The average molecular weight is 327 g/mol. The zero-order valence-corrected chi connectivity index (χ0v) is 13.5. The maximum absolute atomic E-state index is 5.82. The van der Waals surface area contributed by atoms with E-state index in [1.807, 2.05) is 28.9 Å². The molecule has 7 nitrogen and oxygen atoms in total. The summed E-state index contributed by atoms with van der Waals surface area (Å²) in [4.78, 5) is 10.9. The van der Waals surface area contributed by atoms with E-state index in [2.05, 4.69) is 20.0 Å². The lowest BCUT2D eigenvalue weighted by Crippen LogP contribution is -2.44. The Bertz CT molecular complexity index is 737. The van der Waals surface area contributed by atoms with Gasteiger partial charge in [0.05, 0.1) is 19.3 Å². The number of rotatable bonds is 6. The Balaban J connectivity index is 1.26. The Morgan fingerprint density at radius 3 is 3.08 bits per heavy atom. The molecule has 4 rings (SSSR count). The third-order valence-electron chi connectivity index (χ3n) is 4.28. The molecule has 0 saturated carbocycles. The quantitative estimate of drug-likeness (QED) is 0.687. The van der Waals surface area contributed by atoms with Gasteiger partial charge in [-0.25, -0.2) is 9.97 Å². The van der Waals surface area contributed by atoms with Gasteiger partial charge in [-0.2, -0.15) is 5.10 Å². The van der Waals surface area contributed by atoms with Crippen LogP contribution in [-0.2, 0) is 17.7 Å². The lowest BCUT2D eigenvalue weighted by molar-refractivity contribution is -0.0377. The number of oxazole rings is 1. The number of hydrogen-bond acceptors (Lipinski definition) is 6. The van der Waals surface area contributed by atoms with Gasteiger partial charge < -0.3 is 9.15 Å². The van der Waals surface area contributed by atoms with Crippen LogP contribution in [0.1, 0.15) is 12.3 Å². The number of ether oxygens (including phenoxy) is 1. The fourth-order valence-corrected chi connectivity index (χ4v) is 3.11. The summed E-state index contributed by atoms with van der Waals surface area (Å²) in [6, 6.07) is 7.90. The predicted molar refractivity (Wildman–Crippen MR) is 88.5 cm³/mol. The monoisotopic (exact) mass is 327 g/mol. The summed E-state index contributed by atoms with van der Waals surface area (Å²) in [6.45, 7) is 4.44. The second-order valence-corrected chi connectivity index (χ2v) is 6.09. The number of hydrogen-bond donors (Lipinski definition) is 0. The van der Waals surface area contributed by atoms with Gasteiger partial charge in [-0.3, -0.25) is 9.58 Å². The molecule has 24 heavy (non-hydrogen) atoms. The number of para-hydroxylation sites is 2. The van der Waals surface area contributed by atoms with Crippen molar-refractivity contribution < 1.29 is 9.15 Å². The van der Waals surface area contributed by atoms with Crippen molar-refractivity contribution in [1.82, 2.24) is 24.6 Å². The summed E-state index contributed by atoms with van der Waals surface area (Å²) in [6.07, 6.45) is 5.35. The third kappa shape index (κ3) is 3.63. The van der Waals surface area contributed by atoms with Crippen molar-refractivity contribution in [3.63, 3.8) is 0 Å². The summed E-state index contributed by atoms with van der Waals surface area (Å²) in [5.74, 6) is 0.823. The smallest absolute Gasteiger partial charge is 0.195 e. The second kappa shape index (κ2) is 7.11. The summed E-state index contributed by atoms with van der Waals surface area (Å²) >= 11 is 0. The molecule has 2 aromatic heterocycles. The molecule has 0 radical (unpaired) electrons. The van der Waals surface area contributed by atoms with Gasteiger partial charge in [0.25, 0.3) is 0 Å². The van der Waals surface area contributed by atoms with E-state index in [0.717, 1.165) is 62.6 Å². The summed E-state index contributed by atoms with van der Waals surface area (Å²) in [5, 5.41) is 4.14. The minimum atomic E-state index is 0.171. The first-order chi connectivity index (χ1) is 11.9. The standard InChI is InChI=1S/C17H21N5O2/c1-2-5-16-15(4-1)20-17(24-16)6-3-7-21-8-9-23-14(10-21)11-22-13-18-12-19-22/h1-2,4-5,12-14H,3,6-11H2/t14-/m1/s1. The third-order valence-corrected chi connectivity index (χ3v) is 4.28. The predicted octanol–water partition coefficient (Wildman–Crippen LogP) is 1.75. The van der Waals surface area contributed by atoms with E-state index < -0.39 is 0 Å². The Kier molecular flexibility index (Phi) is 4.53. The van der Waals surface area contributed by atoms with Crippen LogP contribution < -0.4 is 0 Å². The van der Waals surface area contributed by atoms with Crippen LogP contribution in [0, 0.1) is 0 Å². The molecule has 0 bridgehead atoms. The van der Waals surface area contributed by atoms with Crippen LogP contribution in [0.2, 0.25) is 0 Å². The zero-order valence-electron chi connectivity index (χ0n) is 13.5. The number of fused-ring (bicyclic) bond motifs is 1. The Morgan fingerprint density at radius 2 is 2.21 bits per heavy atom. The molecule has 0 unspecified atom stereocenters. The van der Waals surface area contributed by atoms with Crippen LogP contribution in [0.3, 0.4) is 0 Å². The van der Waals surface area contributed by atoms with Crippen LogP contribution in [0.5, 0.6) is 0 Å². The lowest BCUT2D eigenvalue weighted by atomic mass is 10.2. The number of aryl methyl sites for hydroxylation is 1. The van der Waals surface area contributed by atoms with Crippen molar-refractivity contribution in [2.24, 2.45) is 0 Å². The largest absolute Gasteiger partial charge is 0.441 e. The van der Waals surface area contributed by atoms with Crippen LogP contribution in [0.25, 0.3) is 11.1 Å². The molecule has 1 atom stereocenters. The molecule has 0 spiro atoms. The van der Waals surface area contributed by atoms with E-state index in [0.29, 0.717) is 0 Å². The molecule has 126 valence electrons. The van der Waals surface area contributed by atoms with Gasteiger partial charge in [0, 0.05) is 19.5 Å². The maximum atomic E-state index is 5.82. The molecular weight excluding hydrogens is 306 g/mol. The van der Waals surface area contributed by atoms with Crippen molar-refractivity contribution >= 4 is 11.1 Å². The first kappa shape index (κ1) is 15.3. The second-order valence-electron chi connectivity index (χ2n) is 6.09. The van der Waals surface area contributed by atoms with Crippen molar-refractivity contribution in [2.45, 2.75) is 25.5 Å². The van der Waals surface area contributed by atoms with Crippen molar-refractivity contribution in [3.8, 4) is 0 Å². The Hall–Kier alpha value is -2.25. The fraction of sp³-hybridized carbons (Fsp3) is 0.471. The number of aromatic nitrogens is 4.